The van der Waals surface area contributed by atoms with E-state index in [-0.39, 0.29) is 22.3 Å². The Bertz CT molecular complexity index is 680. The van der Waals surface area contributed by atoms with Gasteiger partial charge in [0.2, 0.25) is 10.0 Å². The van der Waals surface area contributed by atoms with Gasteiger partial charge in [-0.1, -0.05) is 18.8 Å². The van der Waals surface area contributed by atoms with E-state index in [2.05, 4.69) is 11.8 Å². The van der Waals surface area contributed by atoms with Gasteiger partial charge in [0.05, 0.1) is 17.0 Å². The Morgan fingerprint density at radius 3 is 2.90 bits per heavy atom. The van der Waals surface area contributed by atoms with Gasteiger partial charge in [-0.2, -0.15) is 16.1 Å². The van der Waals surface area contributed by atoms with Crippen LogP contribution in [0, 0.1) is 17.7 Å². The second-order valence-electron chi connectivity index (χ2n) is 4.69. The van der Waals surface area contributed by atoms with Crippen molar-refractivity contribution >= 4 is 21.8 Å². The minimum Gasteiger partial charge on any atom is -0.320 e. The summed E-state index contributed by atoms with van der Waals surface area (Å²) in [6.45, 7) is 3.01. The van der Waals surface area contributed by atoms with Crippen molar-refractivity contribution in [2.75, 3.05) is 25.4 Å². The molecule has 2 N–H and O–H groups in total. The molecule has 0 amide bonds. The van der Waals surface area contributed by atoms with E-state index in [9.17, 15) is 12.8 Å². The standard InChI is InChI=1S/C14H17FN2O2S2/c1-11-10-17(7-8-20-11)21(18,19)13-5-4-12(3-2-6-16)14(15)9-13/h4-5,9,11H,6-8,10,16H2,1H3. The number of nitrogens with zero attached hydrogens (tertiary/aromatic N) is 1. The summed E-state index contributed by atoms with van der Waals surface area (Å²) in [6.07, 6.45) is 0. The molecule has 4 nitrogen and oxygen atoms in total. The molecule has 1 heterocycles. The van der Waals surface area contributed by atoms with Gasteiger partial charge in [0, 0.05) is 24.1 Å². The van der Waals surface area contributed by atoms with Crippen molar-refractivity contribution in [3.05, 3.63) is 29.6 Å². The lowest BCUT2D eigenvalue weighted by Gasteiger charge is -2.29. The zero-order chi connectivity index (χ0) is 15.5. The minimum atomic E-state index is -3.65. The van der Waals surface area contributed by atoms with E-state index < -0.39 is 15.8 Å². The molecule has 21 heavy (non-hydrogen) atoms. The molecule has 0 aromatic heterocycles. The summed E-state index contributed by atoms with van der Waals surface area (Å²) in [5.41, 5.74) is 5.39. The Labute approximate surface area is 128 Å². The van der Waals surface area contributed by atoms with E-state index >= 15 is 0 Å². The number of thioether (sulfide) groups is 1. The fourth-order valence-corrected chi connectivity index (χ4v) is 4.82. The van der Waals surface area contributed by atoms with Crippen LogP contribution in [0.4, 0.5) is 4.39 Å². The van der Waals surface area contributed by atoms with Crippen LogP contribution in [0.1, 0.15) is 12.5 Å². The molecular formula is C14H17FN2O2S2. The van der Waals surface area contributed by atoms with Gasteiger partial charge in [0.1, 0.15) is 5.82 Å². The molecule has 1 unspecified atom stereocenters. The molecule has 1 atom stereocenters. The van der Waals surface area contributed by atoms with Crippen molar-refractivity contribution in [1.29, 1.82) is 0 Å². The zero-order valence-corrected chi connectivity index (χ0v) is 13.3. The molecule has 0 aliphatic carbocycles. The van der Waals surface area contributed by atoms with Crippen LogP contribution in [0.2, 0.25) is 0 Å². The molecule has 1 aromatic carbocycles. The van der Waals surface area contributed by atoms with Gasteiger partial charge in [0.25, 0.3) is 0 Å². The van der Waals surface area contributed by atoms with E-state index in [0.29, 0.717) is 13.1 Å². The van der Waals surface area contributed by atoms with Crippen LogP contribution in [0.25, 0.3) is 0 Å². The normalized spacial score (nSPS) is 19.9. The monoisotopic (exact) mass is 328 g/mol. The Balaban J connectivity index is 2.30. The zero-order valence-electron chi connectivity index (χ0n) is 11.7. The summed E-state index contributed by atoms with van der Waals surface area (Å²) < 4.78 is 40.3. The van der Waals surface area contributed by atoms with Gasteiger partial charge < -0.3 is 5.73 Å². The van der Waals surface area contributed by atoms with Crippen molar-refractivity contribution in [1.82, 2.24) is 4.31 Å². The Morgan fingerprint density at radius 1 is 1.52 bits per heavy atom. The predicted molar refractivity (Wildman–Crippen MR) is 83.0 cm³/mol. The van der Waals surface area contributed by atoms with Crippen LogP contribution in [-0.2, 0) is 10.0 Å². The Morgan fingerprint density at radius 2 is 2.29 bits per heavy atom. The first kappa shape index (κ1) is 16.3. The predicted octanol–water partition coefficient (Wildman–Crippen LogP) is 1.26. The number of nitrogens with two attached hydrogens (primary N) is 1. The average molecular weight is 328 g/mol. The van der Waals surface area contributed by atoms with Crippen LogP contribution < -0.4 is 5.73 Å². The number of hydrogen-bond donors (Lipinski definition) is 1. The van der Waals surface area contributed by atoms with E-state index in [1.165, 1.54) is 16.4 Å². The maximum absolute atomic E-state index is 13.9. The molecule has 1 aliphatic rings. The second-order valence-corrected chi connectivity index (χ2v) is 8.18. The lowest BCUT2D eigenvalue weighted by molar-refractivity contribution is 0.423. The average Bonchev–Trinajstić information content (AvgIpc) is 2.46. The summed E-state index contributed by atoms with van der Waals surface area (Å²) in [5, 5.41) is 0.244. The van der Waals surface area contributed by atoms with Gasteiger partial charge in [0.15, 0.2) is 0 Å². The summed E-state index contributed by atoms with van der Waals surface area (Å²) in [6, 6.07) is 3.81. The van der Waals surface area contributed by atoms with Crippen molar-refractivity contribution in [2.24, 2.45) is 5.73 Å². The highest BCUT2D eigenvalue weighted by molar-refractivity contribution is 8.00. The first-order chi connectivity index (χ1) is 9.95. The third kappa shape index (κ3) is 3.77. The van der Waals surface area contributed by atoms with E-state index in [4.69, 9.17) is 5.73 Å². The smallest absolute Gasteiger partial charge is 0.243 e. The third-order valence-electron chi connectivity index (χ3n) is 3.11. The first-order valence-electron chi connectivity index (χ1n) is 6.55. The summed E-state index contributed by atoms with van der Waals surface area (Å²) in [4.78, 5) is -0.0302. The van der Waals surface area contributed by atoms with Crippen LogP contribution in [0.15, 0.2) is 23.1 Å². The molecule has 1 saturated heterocycles. The molecule has 1 aromatic rings. The minimum absolute atomic E-state index is 0.0302. The van der Waals surface area contributed by atoms with E-state index in [1.54, 1.807) is 11.8 Å². The van der Waals surface area contributed by atoms with Crippen molar-refractivity contribution in [2.45, 2.75) is 17.1 Å². The highest BCUT2D eigenvalue weighted by Gasteiger charge is 2.29. The van der Waals surface area contributed by atoms with Crippen LogP contribution in [-0.4, -0.2) is 43.4 Å². The highest BCUT2D eigenvalue weighted by Crippen LogP contribution is 2.25. The van der Waals surface area contributed by atoms with Crippen LogP contribution in [0.5, 0.6) is 0 Å². The molecule has 1 fully saturated rings. The maximum atomic E-state index is 13.9. The van der Waals surface area contributed by atoms with Gasteiger partial charge in [-0.3, -0.25) is 0 Å². The first-order valence-corrected chi connectivity index (χ1v) is 9.04. The fourth-order valence-electron chi connectivity index (χ4n) is 2.06. The molecule has 7 heteroatoms. The number of hydrogen-bond acceptors (Lipinski definition) is 4. The molecule has 114 valence electrons. The van der Waals surface area contributed by atoms with E-state index in [1.807, 2.05) is 6.92 Å². The van der Waals surface area contributed by atoms with Gasteiger partial charge >= 0.3 is 0 Å². The summed E-state index contributed by atoms with van der Waals surface area (Å²) in [5.74, 6) is 5.23. The van der Waals surface area contributed by atoms with Crippen molar-refractivity contribution in [3.63, 3.8) is 0 Å². The van der Waals surface area contributed by atoms with Gasteiger partial charge in [-0.15, -0.1) is 0 Å². The van der Waals surface area contributed by atoms with E-state index in [0.717, 1.165) is 11.8 Å². The van der Waals surface area contributed by atoms with Crippen molar-refractivity contribution in [3.8, 4) is 11.8 Å². The molecule has 0 spiro atoms. The van der Waals surface area contributed by atoms with Gasteiger partial charge in [-0.25, -0.2) is 12.8 Å². The molecule has 0 bridgehead atoms. The van der Waals surface area contributed by atoms with Gasteiger partial charge in [-0.05, 0) is 18.2 Å². The second kappa shape index (κ2) is 6.79. The summed E-state index contributed by atoms with van der Waals surface area (Å²) in [7, 11) is -3.65. The highest BCUT2D eigenvalue weighted by atomic mass is 32.2. The third-order valence-corrected chi connectivity index (χ3v) is 6.10. The lowest BCUT2D eigenvalue weighted by atomic mass is 10.2. The maximum Gasteiger partial charge on any atom is 0.243 e. The topological polar surface area (TPSA) is 63.4 Å². The summed E-state index contributed by atoms with van der Waals surface area (Å²) >= 11 is 1.74. The number of halogens is 1. The molecular weight excluding hydrogens is 311 g/mol. The molecule has 0 saturated carbocycles. The number of sulfonamides is 1. The largest absolute Gasteiger partial charge is 0.320 e. The molecule has 1 aliphatic heterocycles. The van der Waals surface area contributed by atoms with Crippen LogP contribution >= 0.6 is 11.8 Å². The lowest BCUT2D eigenvalue weighted by Crippen LogP contribution is -2.40. The quantitative estimate of drug-likeness (QED) is 0.830. The Kier molecular flexibility index (Phi) is 5.27. The number of benzene rings is 1. The molecule has 0 radical (unpaired) electrons. The SMILES string of the molecule is CC1CN(S(=O)(=O)c2ccc(C#CCN)c(F)c2)CCS1. The number of rotatable bonds is 2. The van der Waals surface area contributed by atoms with Crippen molar-refractivity contribution < 1.29 is 12.8 Å². The fraction of sp³-hybridized carbons (Fsp3) is 0.429. The molecule has 2 rings (SSSR count). The van der Waals surface area contributed by atoms with Crippen LogP contribution in [0.3, 0.4) is 0 Å². The Hall–Kier alpha value is -1.07.